The first-order chi connectivity index (χ1) is 17.9. The number of aromatic nitrogens is 5. The third-order valence-corrected chi connectivity index (χ3v) is 7.26. The molecule has 5 aromatic rings. The molecular weight excluding hydrogens is 494 g/mol. The number of methoxy groups -OCH3 is 1. The number of imidazole rings is 1. The topological polar surface area (TPSA) is 140 Å². The predicted octanol–water partition coefficient (Wildman–Crippen LogP) is 2.91. The molecule has 0 aliphatic carbocycles. The van der Waals surface area contributed by atoms with Crippen LogP contribution >= 0.6 is 0 Å². The Morgan fingerprint density at radius 2 is 1.84 bits per heavy atom. The first-order valence-corrected chi connectivity index (χ1v) is 12.6. The lowest BCUT2D eigenvalue weighted by atomic mass is 10.1. The molecule has 4 aromatic heterocycles. The SMILES string of the molecule is COc1ncc2cc1NS(=O)(=O)c1cccc(c1)C(=O)NCc1cncc(c1)-c1cnc3ccc-2nn13. The molecule has 0 fully saturated rings. The number of nitrogens with one attached hydrogen (secondary N) is 2. The number of fused-ring (bicyclic) bond motifs is 9. The largest absolute Gasteiger partial charge is 0.480 e. The van der Waals surface area contributed by atoms with Crippen LogP contribution in [0.3, 0.4) is 0 Å². The van der Waals surface area contributed by atoms with Crippen LogP contribution in [0.5, 0.6) is 5.88 Å². The number of nitrogens with zero attached hydrogens (tertiary/aromatic N) is 5. The fourth-order valence-corrected chi connectivity index (χ4v) is 5.16. The first kappa shape index (κ1) is 22.6. The molecule has 0 radical (unpaired) electrons. The molecule has 184 valence electrons. The van der Waals surface area contributed by atoms with Gasteiger partial charge < -0.3 is 10.1 Å². The zero-order chi connectivity index (χ0) is 25.6. The highest BCUT2D eigenvalue weighted by molar-refractivity contribution is 7.92. The molecule has 1 aliphatic heterocycles. The summed E-state index contributed by atoms with van der Waals surface area (Å²) < 4.78 is 36.0. The Morgan fingerprint density at radius 1 is 0.946 bits per heavy atom. The highest BCUT2D eigenvalue weighted by atomic mass is 32.2. The van der Waals surface area contributed by atoms with Crippen LogP contribution in [0, 0.1) is 0 Å². The second-order valence-corrected chi connectivity index (χ2v) is 9.99. The summed E-state index contributed by atoms with van der Waals surface area (Å²) in [6.45, 7) is 0.192. The van der Waals surface area contributed by atoms with Gasteiger partial charge in [-0.15, -0.1) is 0 Å². The number of carbonyl (C=O) groups is 1. The minimum Gasteiger partial charge on any atom is -0.480 e. The van der Waals surface area contributed by atoms with E-state index in [2.05, 4.69) is 25.0 Å². The van der Waals surface area contributed by atoms with Crippen molar-refractivity contribution < 1.29 is 17.9 Å². The lowest BCUT2D eigenvalue weighted by molar-refractivity contribution is 0.0950. The van der Waals surface area contributed by atoms with Crippen LogP contribution in [-0.2, 0) is 16.6 Å². The van der Waals surface area contributed by atoms with E-state index in [0.29, 0.717) is 22.6 Å². The molecule has 0 saturated carbocycles. The Morgan fingerprint density at radius 3 is 2.70 bits per heavy atom. The number of carbonyl (C=O) groups excluding carboxylic acids is 1. The second kappa shape index (κ2) is 8.68. The van der Waals surface area contributed by atoms with Crippen molar-refractivity contribution in [2.45, 2.75) is 11.4 Å². The monoisotopic (exact) mass is 513 g/mol. The fourth-order valence-electron chi connectivity index (χ4n) is 4.07. The normalized spacial score (nSPS) is 14.4. The van der Waals surface area contributed by atoms with E-state index in [0.717, 1.165) is 11.1 Å². The number of anilines is 1. The van der Waals surface area contributed by atoms with E-state index in [9.17, 15) is 13.2 Å². The van der Waals surface area contributed by atoms with Crippen molar-refractivity contribution in [3.63, 3.8) is 0 Å². The molecule has 0 spiro atoms. The van der Waals surface area contributed by atoms with Gasteiger partial charge in [-0.3, -0.25) is 14.5 Å². The molecule has 12 heteroatoms. The summed E-state index contributed by atoms with van der Waals surface area (Å²) in [5.41, 5.74) is 4.27. The maximum atomic E-state index is 13.3. The van der Waals surface area contributed by atoms with E-state index in [-0.39, 0.29) is 28.6 Å². The average molecular weight is 514 g/mol. The van der Waals surface area contributed by atoms with Gasteiger partial charge in [0.1, 0.15) is 5.69 Å². The molecule has 2 N–H and O–H groups in total. The van der Waals surface area contributed by atoms with Crippen LogP contribution in [-0.4, -0.2) is 46.0 Å². The summed E-state index contributed by atoms with van der Waals surface area (Å²) in [6.07, 6.45) is 6.60. The minimum absolute atomic E-state index is 0.0833. The van der Waals surface area contributed by atoms with Crippen molar-refractivity contribution in [3.8, 4) is 28.4 Å². The zero-order valence-electron chi connectivity index (χ0n) is 19.4. The molecule has 0 unspecified atom stereocenters. The molecule has 11 nitrogen and oxygen atoms in total. The van der Waals surface area contributed by atoms with Crippen molar-refractivity contribution in [2.75, 3.05) is 11.8 Å². The second-order valence-electron chi connectivity index (χ2n) is 8.31. The van der Waals surface area contributed by atoms with Crippen molar-refractivity contribution in [1.29, 1.82) is 0 Å². The third-order valence-electron chi connectivity index (χ3n) is 5.90. The average Bonchev–Trinajstić information content (AvgIpc) is 3.35. The summed E-state index contributed by atoms with van der Waals surface area (Å²) in [7, 11) is -2.69. The maximum Gasteiger partial charge on any atom is 0.262 e. The van der Waals surface area contributed by atoms with Gasteiger partial charge in [-0.25, -0.2) is 22.9 Å². The number of sulfonamides is 1. The smallest absolute Gasteiger partial charge is 0.262 e. The van der Waals surface area contributed by atoms with Crippen molar-refractivity contribution in [2.24, 2.45) is 0 Å². The van der Waals surface area contributed by atoms with Gasteiger partial charge in [-0.1, -0.05) is 6.07 Å². The van der Waals surface area contributed by atoms with Crippen molar-refractivity contribution >= 4 is 27.3 Å². The van der Waals surface area contributed by atoms with Gasteiger partial charge in [-0.05, 0) is 48.0 Å². The molecule has 0 atom stereocenters. The molecule has 1 aliphatic rings. The van der Waals surface area contributed by atoms with Crippen molar-refractivity contribution in [3.05, 3.63) is 84.4 Å². The fraction of sp³-hybridized carbons (Fsp3) is 0.0800. The molecular formula is C25H19N7O4S. The van der Waals surface area contributed by atoms with Gasteiger partial charge in [0.15, 0.2) is 5.65 Å². The Kier molecular flexibility index (Phi) is 5.30. The van der Waals surface area contributed by atoms with Gasteiger partial charge >= 0.3 is 0 Å². The van der Waals surface area contributed by atoms with E-state index in [1.165, 1.54) is 25.3 Å². The summed E-state index contributed by atoms with van der Waals surface area (Å²) in [6, 6.07) is 12.8. The van der Waals surface area contributed by atoms with Crippen LogP contribution < -0.4 is 14.8 Å². The van der Waals surface area contributed by atoms with Gasteiger partial charge in [0.25, 0.3) is 15.9 Å². The zero-order valence-corrected chi connectivity index (χ0v) is 20.2. The highest BCUT2D eigenvalue weighted by Gasteiger charge is 2.21. The number of pyridine rings is 2. The molecule has 6 rings (SSSR count). The summed E-state index contributed by atoms with van der Waals surface area (Å²) in [4.78, 5) is 25.8. The van der Waals surface area contributed by atoms with E-state index in [1.54, 1.807) is 53.6 Å². The lowest BCUT2D eigenvalue weighted by Crippen LogP contribution is -2.23. The quantitative estimate of drug-likeness (QED) is 0.349. The molecule has 8 bridgehead atoms. The van der Waals surface area contributed by atoms with E-state index in [4.69, 9.17) is 9.84 Å². The number of hydrogen-bond acceptors (Lipinski definition) is 8. The van der Waals surface area contributed by atoms with E-state index >= 15 is 0 Å². The maximum absolute atomic E-state index is 13.3. The molecule has 1 aromatic carbocycles. The Bertz CT molecular complexity index is 1800. The molecule has 37 heavy (non-hydrogen) atoms. The van der Waals surface area contributed by atoms with Crippen LogP contribution in [0.25, 0.3) is 28.2 Å². The number of ether oxygens (including phenoxy) is 1. The Labute approximate surface area is 211 Å². The Hall–Kier alpha value is -4.84. The number of amides is 1. The van der Waals surface area contributed by atoms with Gasteiger partial charge in [0, 0.05) is 41.8 Å². The number of benzene rings is 1. The molecule has 5 heterocycles. The van der Waals surface area contributed by atoms with Crippen LogP contribution in [0.2, 0.25) is 0 Å². The highest BCUT2D eigenvalue weighted by Crippen LogP contribution is 2.30. The molecule has 1 amide bonds. The third kappa shape index (κ3) is 4.12. The summed E-state index contributed by atoms with van der Waals surface area (Å²) in [5, 5.41) is 7.55. The first-order valence-electron chi connectivity index (χ1n) is 11.2. The Balaban J connectivity index is 1.57. The van der Waals surface area contributed by atoms with Crippen molar-refractivity contribution in [1.82, 2.24) is 29.9 Å². The van der Waals surface area contributed by atoms with E-state index in [1.807, 2.05) is 6.07 Å². The van der Waals surface area contributed by atoms with Crippen LogP contribution in [0.1, 0.15) is 15.9 Å². The summed E-state index contributed by atoms with van der Waals surface area (Å²) in [5.74, 6) is -0.339. The minimum atomic E-state index is -4.08. The van der Waals surface area contributed by atoms with Crippen LogP contribution in [0.15, 0.2) is 78.2 Å². The summed E-state index contributed by atoms with van der Waals surface area (Å²) >= 11 is 0. The lowest BCUT2D eigenvalue weighted by Gasteiger charge is -2.14. The van der Waals surface area contributed by atoms with E-state index < -0.39 is 15.9 Å². The predicted molar refractivity (Wildman–Crippen MR) is 134 cm³/mol. The number of rotatable bonds is 1. The number of hydrogen-bond donors (Lipinski definition) is 2. The van der Waals surface area contributed by atoms with Gasteiger partial charge in [0.05, 0.1) is 29.6 Å². The van der Waals surface area contributed by atoms with Crippen LogP contribution in [0.4, 0.5) is 5.69 Å². The molecule has 0 saturated heterocycles. The standard InChI is InChI=1S/C25H19N7O4S/c1-36-25-21-9-17(13-29-25)20-5-6-23-27-14-22(32(23)30-20)18-7-15(10-26-12-18)11-28-24(33)16-3-2-4-19(8-16)37(34,35)31-21/h2-10,12-14,31H,11H2,1H3,(H,28,33). The van der Waals surface area contributed by atoms with Gasteiger partial charge in [-0.2, -0.15) is 5.10 Å². The van der Waals surface area contributed by atoms with Gasteiger partial charge in [0.2, 0.25) is 5.88 Å².